The van der Waals surface area contributed by atoms with E-state index in [0.29, 0.717) is 3.42 Å². The first kappa shape index (κ1) is 9.50. The second-order valence-electron chi connectivity index (χ2n) is 3.89. The van der Waals surface area contributed by atoms with Gasteiger partial charge in [-0.15, -0.1) is 0 Å². The molecule has 1 aromatic carbocycles. The van der Waals surface area contributed by atoms with E-state index in [2.05, 4.69) is 52.9 Å². The molecule has 70 valence electrons. The molecule has 0 aromatic heterocycles. The summed E-state index contributed by atoms with van der Waals surface area (Å²) in [7, 11) is 0. The fourth-order valence-corrected chi connectivity index (χ4v) is 3.26. The maximum atomic E-state index is 2.66. The van der Waals surface area contributed by atoms with Crippen molar-refractivity contribution in [2.75, 3.05) is 0 Å². The number of hydrogen-bond donors (Lipinski definition) is 0. The van der Waals surface area contributed by atoms with E-state index in [1.165, 1.54) is 37.7 Å². The Morgan fingerprint density at radius 3 is 2.15 bits per heavy atom. The Balaban J connectivity index is 2.23. The first-order chi connectivity index (χ1) is 6.31. The van der Waals surface area contributed by atoms with Crippen LogP contribution >= 0.6 is 22.6 Å². The van der Waals surface area contributed by atoms with Crippen LogP contribution in [-0.4, -0.2) is 0 Å². The van der Waals surface area contributed by atoms with Crippen molar-refractivity contribution < 1.29 is 0 Å². The van der Waals surface area contributed by atoms with Gasteiger partial charge in [-0.3, -0.25) is 0 Å². The number of alkyl halides is 1. The van der Waals surface area contributed by atoms with Gasteiger partial charge in [0.15, 0.2) is 0 Å². The van der Waals surface area contributed by atoms with E-state index in [4.69, 9.17) is 0 Å². The molecule has 13 heavy (non-hydrogen) atoms. The minimum Gasteiger partial charge on any atom is -0.0737 e. The molecule has 0 nitrogen and oxygen atoms in total. The Kier molecular flexibility index (Phi) is 2.92. The van der Waals surface area contributed by atoms with E-state index in [9.17, 15) is 0 Å². The van der Waals surface area contributed by atoms with E-state index >= 15 is 0 Å². The normalized spacial score (nSPS) is 21.3. The summed E-state index contributed by atoms with van der Waals surface area (Å²) in [5.74, 6) is 0. The third-order valence-electron chi connectivity index (χ3n) is 2.94. The minimum absolute atomic E-state index is 0.442. The monoisotopic (exact) mass is 286 g/mol. The van der Waals surface area contributed by atoms with Crippen LogP contribution in [0, 0.1) is 0 Å². The van der Waals surface area contributed by atoms with E-state index < -0.39 is 0 Å². The van der Waals surface area contributed by atoms with Gasteiger partial charge in [0.2, 0.25) is 0 Å². The molecule has 0 aliphatic heterocycles. The van der Waals surface area contributed by atoms with Crippen molar-refractivity contribution in [3.8, 4) is 0 Å². The lowest BCUT2D eigenvalue weighted by molar-refractivity contribution is 0.426. The molecule has 0 bridgehead atoms. The molecule has 0 unspecified atom stereocenters. The molecule has 1 saturated carbocycles. The Morgan fingerprint density at radius 1 is 0.923 bits per heavy atom. The third-order valence-corrected chi connectivity index (χ3v) is 4.64. The van der Waals surface area contributed by atoms with Crippen LogP contribution in [0.5, 0.6) is 0 Å². The zero-order valence-electron chi connectivity index (χ0n) is 7.80. The van der Waals surface area contributed by atoms with E-state index in [-0.39, 0.29) is 0 Å². The summed E-state index contributed by atoms with van der Waals surface area (Å²) in [4.78, 5) is 0. The maximum absolute atomic E-state index is 2.66. The summed E-state index contributed by atoms with van der Waals surface area (Å²) in [6, 6.07) is 11.0. The molecule has 0 spiro atoms. The van der Waals surface area contributed by atoms with Gasteiger partial charge in [-0.2, -0.15) is 0 Å². The van der Waals surface area contributed by atoms with Gasteiger partial charge in [-0.25, -0.2) is 0 Å². The summed E-state index contributed by atoms with van der Waals surface area (Å²) in [6.45, 7) is 0. The van der Waals surface area contributed by atoms with Gasteiger partial charge in [0.1, 0.15) is 0 Å². The Hall–Kier alpha value is -0.0500. The molecule has 0 amide bonds. The molecule has 0 radical (unpaired) electrons. The number of benzene rings is 1. The molecule has 0 atom stereocenters. The molecular formula is C12H15I. The first-order valence-electron chi connectivity index (χ1n) is 5.06. The van der Waals surface area contributed by atoms with E-state index in [0.717, 1.165) is 0 Å². The maximum Gasteiger partial charge on any atom is 0.0470 e. The summed E-state index contributed by atoms with van der Waals surface area (Å²) in [5.41, 5.74) is 1.52. The minimum atomic E-state index is 0.442. The summed E-state index contributed by atoms with van der Waals surface area (Å²) in [5, 5.41) is 0. The first-order valence-corrected chi connectivity index (χ1v) is 6.14. The van der Waals surface area contributed by atoms with Gasteiger partial charge in [0.05, 0.1) is 0 Å². The van der Waals surface area contributed by atoms with Gasteiger partial charge in [0, 0.05) is 3.42 Å². The number of halogens is 1. The van der Waals surface area contributed by atoms with Crippen molar-refractivity contribution in [3.63, 3.8) is 0 Å². The molecular weight excluding hydrogens is 271 g/mol. The summed E-state index contributed by atoms with van der Waals surface area (Å²) < 4.78 is 0.442. The van der Waals surface area contributed by atoms with Crippen molar-refractivity contribution in [3.05, 3.63) is 35.9 Å². The molecule has 0 N–H and O–H groups in total. The van der Waals surface area contributed by atoms with Crippen molar-refractivity contribution in [2.45, 2.75) is 35.5 Å². The zero-order valence-corrected chi connectivity index (χ0v) is 9.96. The fourth-order valence-electron chi connectivity index (χ4n) is 2.14. The lowest BCUT2D eigenvalue weighted by Crippen LogP contribution is -2.20. The summed E-state index contributed by atoms with van der Waals surface area (Å²) in [6.07, 6.45) is 6.95. The highest BCUT2D eigenvalue weighted by Gasteiger charge is 2.30. The SMILES string of the molecule is IC1(c2ccccc2)CCCCC1. The predicted molar refractivity (Wildman–Crippen MR) is 65.2 cm³/mol. The van der Waals surface area contributed by atoms with Crippen LogP contribution in [-0.2, 0) is 3.42 Å². The Bertz CT molecular complexity index is 260. The molecule has 0 heterocycles. The van der Waals surface area contributed by atoms with Gasteiger partial charge >= 0.3 is 0 Å². The van der Waals surface area contributed by atoms with Crippen LogP contribution < -0.4 is 0 Å². The van der Waals surface area contributed by atoms with Gasteiger partial charge in [-0.1, -0.05) is 72.2 Å². The standard InChI is InChI=1S/C12H15I/c13-12(9-5-2-6-10-12)11-7-3-1-4-8-11/h1,3-4,7-8H,2,5-6,9-10H2. The molecule has 1 aliphatic rings. The third kappa shape index (κ3) is 2.06. The van der Waals surface area contributed by atoms with Crippen LogP contribution in [0.3, 0.4) is 0 Å². The van der Waals surface area contributed by atoms with Crippen molar-refractivity contribution in [2.24, 2.45) is 0 Å². The Labute approximate surface area is 93.9 Å². The topological polar surface area (TPSA) is 0 Å². The lowest BCUT2D eigenvalue weighted by atomic mass is 9.84. The van der Waals surface area contributed by atoms with E-state index in [1.807, 2.05) is 0 Å². The highest BCUT2D eigenvalue weighted by Crippen LogP contribution is 2.44. The van der Waals surface area contributed by atoms with E-state index in [1.54, 1.807) is 0 Å². The highest BCUT2D eigenvalue weighted by atomic mass is 127. The average molecular weight is 286 g/mol. The van der Waals surface area contributed by atoms with Crippen molar-refractivity contribution in [1.82, 2.24) is 0 Å². The molecule has 1 aliphatic carbocycles. The average Bonchev–Trinajstić information content (AvgIpc) is 2.20. The van der Waals surface area contributed by atoms with Crippen molar-refractivity contribution >= 4 is 22.6 Å². The smallest absolute Gasteiger partial charge is 0.0470 e. The number of hydrogen-bond acceptors (Lipinski definition) is 0. The largest absolute Gasteiger partial charge is 0.0737 e. The van der Waals surface area contributed by atoms with Gasteiger partial charge in [0.25, 0.3) is 0 Å². The molecule has 1 aromatic rings. The fraction of sp³-hybridized carbons (Fsp3) is 0.500. The molecule has 2 rings (SSSR count). The Morgan fingerprint density at radius 2 is 1.54 bits per heavy atom. The predicted octanol–water partition coefficient (Wildman–Crippen LogP) is 4.28. The van der Waals surface area contributed by atoms with Crippen LogP contribution in [0.25, 0.3) is 0 Å². The molecule has 1 fully saturated rings. The van der Waals surface area contributed by atoms with Crippen LogP contribution in [0.1, 0.15) is 37.7 Å². The summed E-state index contributed by atoms with van der Waals surface area (Å²) >= 11 is 2.66. The molecule has 1 heteroatoms. The lowest BCUT2D eigenvalue weighted by Gasteiger charge is -2.32. The quantitative estimate of drug-likeness (QED) is 0.534. The van der Waals surface area contributed by atoms with Gasteiger partial charge < -0.3 is 0 Å². The van der Waals surface area contributed by atoms with Crippen LogP contribution in [0.2, 0.25) is 0 Å². The second kappa shape index (κ2) is 3.99. The van der Waals surface area contributed by atoms with Crippen LogP contribution in [0.4, 0.5) is 0 Å². The zero-order chi connectivity index (χ0) is 9.15. The van der Waals surface area contributed by atoms with Crippen LogP contribution in [0.15, 0.2) is 30.3 Å². The number of rotatable bonds is 1. The van der Waals surface area contributed by atoms with Crippen molar-refractivity contribution in [1.29, 1.82) is 0 Å². The second-order valence-corrected chi connectivity index (χ2v) is 5.96. The highest BCUT2D eigenvalue weighted by molar-refractivity contribution is 14.1. The molecule has 0 saturated heterocycles. The van der Waals surface area contributed by atoms with Gasteiger partial charge in [-0.05, 0) is 18.4 Å².